The first-order valence-corrected chi connectivity index (χ1v) is 7.60. The Labute approximate surface area is 134 Å². The Morgan fingerprint density at radius 3 is 2.82 bits per heavy atom. The molecule has 1 aromatic carbocycles. The maximum absolute atomic E-state index is 5.36. The van der Waals surface area contributed by atoms with Crippen LogP contribution in [0.4, 0.5) is 5.69 Å². The monoisotopic (exact) mass is 311 g/mol. The summed E-state index contributed by atoms with van der Waals surface area (Å²) < 4.78 is 1.94. The maximum atomic E-state index is 5.36. The van der Waals surface area contributed by atoms with Crippen molar-refractivity contribution >= 4 is 28.7 Å². The highest BCUT2D eigenvalue weighted by Gasteiger charge is 2.06. The lowest BCUT2D eigenvalue weighted by Crippen LogP contribution is -2.29. The molecule has 2 aromatic heterocycles. The van der Waals surface area contributed by atoms with Crippen LogP contribution >= 0.6 is 12.2 Å². The zero-order valence-corrected chi connectivity index (χ0v) is 13.1. The molecule has 0 amide bonds. The molecule has 3 rings (SSSR count). The lowest BCUT2D eigenvalue weighted by molar-refractivity contribution is 0.813. The number of rotatable bonds is 4. The van der Waals surface area contributed by atoms with Gasteiger partial charge in [-0.3, -0.25) is 4.40 Å². The van der Waals surface area contributed by atoms with Crippen molar-refractivity contribution in [3.05, 3.63) is 60.0 Å². The van der Waals surface area contributed by atoms with E-state index in [1.165, 1.54) is 5.56 Å². The minimum atomic E-state index is 0.519. The molecule has 0 atom stereocenters. The van der Waals surface area contributed by atoms with E-state index in [9.17, 15) is 0 Å². The van der Waals surface area contributed by atoms with E-state index in [1.807, 2.05) is 47.0 Å². The minimum absolute atomic E-state index is 0.519. The third-order valence-corrected chi connectivity index (χ3v) is 3.68. The molecule has 112 valence electrons. The second kappa shape index (κ2) is 6.53. The molecule has 0 aliphatic carbocycles. The van der Waals surface area contributed by atoms with Crippen molar-refractivity contribution in [1.82, 2.24) is 19.9 Å². The van der Waals surface area contributed by atoms with Crippen molar-refractivity contribution < 1.29 is 0 Å². The summed E-state index contributed by atoms with van der Waals surface area (Å²) in [5.41, 5.74) is 3.10. The second-order valence-corrected chi connectivity index (χ2v) is 5.27. The number of aryl methyl sites for hydroxylation is 1. The van der Waals surface area contributed by atoms with Crippen molar-refractivity contribution in [3.63, 3.8) is 0 Å². The average Bonchev–Trinajstić information content (AvgIpc) is 2.97. The third-order valence-electron chi connectivity index (χ3n) is 3.44. The third kappa shape index (κ3) is 3.07. The van der Waals surface area contributed by atoms with E-state index in [0.717, 1.165) is 23.6 Å². The van der Waals surface area contributed by atoms with Crippen molar-refractivity contribution in [3.8, 4) is 0 Å². The summed E-state index contributed by atoms with van der Waals surface area (Å²) in [6.07, 6.45) is 2.90. The Bertz CT molecular complexity index is 796. The fourth-order valence-corrected chi connectivity index (χ4v) is 2.47. The molecular formula is C16H17N5S. The SMILES string of the molecule is CCc1ccccc1NC(=S)NCc1nnc2ccccn12. The zero-order valence-electron chi connectivity index (χ0n) is 12.3. The number of hydrogen-bond acceptors (Lipinski definition) is 3. The molecule has 22 heavy (non-hydrogen) atoms. The first-order valence-electron chi connectivity index (χ1n) is 7.19. The van der Waals surface area contributed by atoms with Gasteiger partial charge in [0.2, 0.25) is 0 Å². The second-order valence-electron chi connectivity index (χ2n) is 4.86. The molecule has 0 spiro atoms. The molecule has 2 heterocycles. The topological polar surface area (TPSA) is 54.2 Å². The molecule has 0 fully saturated rings. The van der Waals surface area contributed by atoms with E-state index in [-0.39, 0.29) is 0 Å². The van der Waals surface area contributed by atoms with Crippen LogP contribution in [0.15, 0.2) is 48.7 Å². The van der Waals surface area contributed by atoms with E-state index in [0.29, 0.717) is 11.7 Å². The lowest BCUT2D eigenvalue weighted by Gasteiger charge is -2.12. The quantitative estimate of drug-likeness (QED) is 0.726. The highest BCUT2D eigenvalue weighted by molar-refractivity contribution is 7.80. The summed E-state index contributed by atoms with van der Waals surface area (Å²) in [5, 5.41) is 15.3. The Morgan fingerprint density at radius 1 is 1.14 bits per heavy atom. The number of thiocarbonyl (C=S) groups is 1. The standard InChI is InChI=1S/C16H17N5S/c1-2-12-7-3-4-8-13(12)18-16(22)17-11-15-20-19-14-9-5-6-10-21(14)15/h3-10H,2,11H2,1H3,(H2,17,18,22). The smallest absolute Gasteiger partial charge is 0.171 e. The van der Waals surface area contributed by atoms with Gasteiger partial charge in [-0.15, -0.1) is 10.2 Å². The maximum Gasteiger partial charge on any atom is 0.171 e. The molecule has 5 nitrogen and oxygen atoms in total. The van der Waals surface area contributed by atoms with Gasteiger partial charge in [-0.1, -0.05) is 31.2 Å². The van der Waals surface area contributed by atoms with Crippen LogP contribution in [-0.4, -0.2) is 19.7 Å². The van der Waals surface area contributed by atoms with Gasteiger partial charge in [0.1, 0.15) is 0 Å². The summed E-state index contributed by atoms with van der Waals surface area (Å²) in [4.78, 5) is 0. The average molecular weight is 311 g/mol. The number of pyridine rings is 1. The predicted octanol–water partition coefficient (Wildman–Crippen LogP) is 2.78. The Balaban J connectivity index is 1.65. The summed E-state index contributed by atoms with van der Waals surface area (Å²) >= 11 is 5.36. The molecule has 6 heteroatoms. The fourth-order valence-electron chi connectivity index (χ4n) is 2.29. The van der Waals surface area contributed by atoms with Gasteiger partial charge in [-0.05, 0) is 42.4 Å². The van der Waals surface area contributed by atoms with Gasteiger partial charge in [0.25, 0.3) is 0 Å². The molecule has 0 bridgehead atoms. The van der Waals surface area contributed by atoms with Crippen LogP contribution in [0.2, 0.25) is 0 Å². The molecule has 0 unspecified atom stereocenters. The van der Waals surface area contributed by atoms with Crippen LogP contribution in [0.5, 0.6) is 0 Å². The van der Waals surface area contributed by atoms with Crippen LogP contribution in [0, 0.1) is 0 Å². The summed E-state index contributed by atoms with van der Waals surface area (Å²) in [5.74, 6) is 0.823. The van der Waals surface area contributed by atoms with Crippen LogP contribution in [-0.2, 0) is 13.0 Å². The van der Waals surface area contributed by atoms with Crippen LogP contribution in [0.1, 0.15) is 18.3 Å². The number of hydrogen-bond donors (Lipinski definition) is 2. The molecule has 0 saturated heterocycles. The van der Waals surface area contributed by atoms with Crippen LogP contribution < -0.4 is 10.6 Å². The lowest BCUT2D eigenvalue weighted by atomic mass is 10.1. The number of nitrogens with one attached hydrogen (secondary N) is 2. The van der Waals surface area contributed by atoms with Gasteiger partial charge in [0.05, 0.1) is 6.54 Å². The molecule has 2 N–H and O–H groups in total. The van der Waals surface area contributed by atoms with E-state index in [1.54, 1.807) is 0 Å². The molecule has 0 aliphatic rings. The van der Waals surface area contributed by atoms with E-state index >= 15 is 0 Å². The van der Waals surface area contributed by atoms with Gasteiger partial charge in [0, 0.05) is 11.9 Å². The van der Waals surface area contributed by atoms with Gasteiger partial charge < -0.3 is 10.6 Å². The Hall–Kier alpha value is -2.47. The van der Waals surface area contributed by atoms with E-state index < -0.39 is 0 Å². The van der Waals surface area contributed by atoms with E-state index in [2.05, 4.69) is 33.8 Å². The largest absolute Gasteiger partial charge is 0.355 e. The molecular weight excluding hydrogens is 294 g/mol. The van der Waals surface area contributed by atoms with Crippen molar-refractivity contribution in [1.29, 1.82) is 0 Å². The summed E-state index contributed by atoms with van der Waals surface area (Å²) in [6.45, 7) is 2.64. The van der Waals surface area contributed by atoms with Crippen molar-refractivity contribution in [2.45, 2.75) is 19.9 Å². The molecule has 0 aliphatic heterocycles. The number of aromatic nitrogens is 3. The van der Waals surface area contributed by atoms with Gasteiger partial charge in [-0.25, -0.2) is 0 Å². The molecule has 0 saturated carbocycles. The summed E-state index contributed by atoms with van der Waals surface area (Å²) in [7, 11) is 0. The molecule has 3 aromatic rings. The summed E-state index contributed by atoms with van der Waals surface area (Å²) in [6, 6.07) is 14.0. The Morgan fingerprint density at radius 2 is 1.95 bits per heavy atom. The van der Waals surface area contributed by atoms with Gasteiger partial charge in [-0.2, -0.15) is 0 Å². The van der Waals surface area contributed by atoms with Crippen LogP contribution in [0.25, 0.3) is 5.65 Å². The molecule has 0 radical (unpaired) electrons. The first kappa shape index (κ1) is 14.5. The zero-order chi connectivity index (χ0) is 15.4. The normalized spacial score (nSPS) is 10.6. The van der Waals surface area contributed by atoms with E-state index in [4.69, 9.17) is 12.2 Å². The fraction of sp³-hybridized carbons (Fsp3) is 0.188. The highest BCUT2D eigenvalue weighted by Crippen LogP contribution is 2.15. The van der Waals surface area contributed by atoms with Gasteiger partial charge in [0.15, 0.2) is 16.6 Å². The van der Waals surface area contributed by atoms with Crippen molar-refractivity contribution in [2.75, 3.05) is 5.32 Å². The highest BCUT2D eigenvalue weighted by atomic mass is 32.1. The van der Waals surface area contributed by atoms with Gasteiger partial charge >= 0.3 is 0 Å². The van der Waals surface area contributed by atoms with Crippen molar-refractivity contribution in [2.24, 2.45) is 0 Å². The number of anilines is 1. The number of fused-ring (bicyclic) bond motifs is 1. The Kier molecular flexibility index (Phi) is 4.29. The first-order chi connectivity index (χ1) is 10.8. The number of benzene rings is 1. The number of para-hydroxylation sites is 1. The number of nitrogens with zero attached hydrogens (tertiary/aromatic N) is 3. The minimum Gasteiger partial charge on any atom is -0.355 e. The van der Waals surface area contributed by atoms with Crippen LogP contribution in [0.3, 0.4) is 0 Å². The predicted molar refractivity (Wildman–Crippen MR) is 91.9 cm³/mol.